The summed E-state index contributed by atoms with van der Waals surface area (Å²) in [7, 11) is -3.15. The Bertz CT molecular complexity index is 1610. The number of halogens is 3. The molecule has 3 aromatic carbocycles. The van der Waals surface area contributed by atoms with E-state index in [-0.39, 0.29) is 45.8 Å². The van der Waals surface area contributed by atoms with Gasteiger partial charge in [-0.05, 0) is 54.5 Å². The van der Waals surface area contributed by atoms with Crippen LogP contribution in [0.3, 0.4) is 0 Å². The topological polar surface area (TPSA) is 122 Å². The number of carboxylic acid groups (broad SMARTS) is 1. The normalized spacial score (nSPS) is 15.2. The smallest absolute Gasteiger partial charge is 0.394 e. The lowest BCUT2D eigenvalue weighted by Crippen LogP contribution is -2.49. The fraction of sp³-hybridized carbons (Fsp3) is 0.185. The van der Waals surface area contributed by atoms with Gasteiger partial charge in [0.15, 0.2) is 11.6 Å². The fourth-order valence-electron chi connectivity index (χ4n) is 4.16. The van der Waals surface area contributed by atoms with Crippen molar-refractivity contribution in [3.63, 3.8) is 0 Å². The van der Waals surface area contributed by atoms with Gasteiger partial charge in [-0.25, -0.2) is 22.0 Å². The molecule has 0 aromatic heterocycles. The molecule has 2 N–H and O–H groups in total. The summed E-state index contributed by atoms with van der Waals surface area (Å²) < 4.78 is 67.9. The Morgan fingerprint density at radius 1 is 1.18 bits per heavy atom. The maximum atomic E-state index is 14.5. The molecule has 0 saturated carbocycles. The second-order valence-corrected chi connectivity index (χ2v) is 11.0. The summed E-state index contributed by atoms with van der Waals surface area (Å²) in [6.07, 6.45) is 0.656. The number of amides is 1. The Morgan fingerprint density at radius 3 is 2.60 bits per heavy atom. The van der Waals surface area contributed by atoms with Crippen molar-refractivity contribution in [2.45, 2.75) is 17.9 Å². The average molecular weight is 593 g/mol. The van der Waals surface area contributed by atoms with Crippen molar-refractivity contribution in [2.75, 3.05) is 24.5 Å². The number of nitrogens with zero attached hydrogens (tertiary/aromatic N) is 1. The molecule has 1 amide bonds. The molecule has 9 nitrogen and oxygen atoms in total. The van der Waals surface area contributed by atoms with E-state index >= 15 is 0 Å². The minimum atomic E-state index is -4.35. The van der Waals surface area contributed by atoms with Crippen LogP contribution in [-0.2, 0) is 19.6 Å². The summed E-state index contributed by atoms with van der Waals surface area (Å²) in [6.45, 7) is 1.02. The van der Waals surface area contributed by atoms with E-state index in [2.05, 4.69) is 5.32 Å². The number of carbonyl (C=O) groups excluding carboxylic acids is 1. The number of aliphatic carboxylic acids is 1. The monoisotopic (exact) mass is 592 g/mol. The molecule has 40 heavy (non-hydrogen) atoms. The lowest BCUT2D eigenvalue weighted by molar-refractivity contribution is -0.150. The first-order valence-electron chi connectivity index (χ1n) is 11.7. The van der Waals surface area contributed by atoms with Crippen LogP contribution in [0.1, 0.15) is 18.1 Å². The maximum Gasteiger partial charge on any atom is 0.394 e. The number of sulfonamides is 1. The van der Waals surface area contributed by atoms with E-state index in [0.717, 1.165) is 22.5 Å². The predicted molar refractivity (Wildman–Crippen MR) is 144 cm³/mol. The lowest BCUT2D eigenvalue weighted by atomic mass is 10.0. The number of benzene rings is 3. The highest BCUT2D eigenvalue weighted by molar-refractivity contribution is 7.92. The summed E-state index contributed by atoms with van der Waals surface area (Å²) >= 11 is 6.19. The Balaban J connectivity index is 1.78. The number of hydrogen-bond acceptors (Lipinski definition) is 6. The van der Waals surface area contributed by atoms with Gasteiger partial charge in [0.25, 0.3) is 10.0 Å². The largest absolute Gasteiger partial charge is 0.494 e. The van der Waals surface area contributed by atoms with Crippen molar-refractivity contribution < 1.29 is 41.4 Å². The molecule has 1 unspecified atom stereocenters. The standard InChI is InChI=1S/C27H23ClF2N2O7S/c1-15(25-19(28)4-3-5-21(25)30)10-16-6-9-23-22(11-16)32(14-17(39-23)13-31-26(33)27(34)35)40(36,37)18-7-8-20(29)24(12-18)38-2/h3-12,17H,13-14H2,1-2H3,(H,31,33)(H,34,35). The number of carbonyl (C=O) groups is 2. The van der Waals surface area contributed by atoms with Crippen LogP contribution in [0.5, 0.6) is 11.5 Å². The minimum absolute atomic E-state index is 0.116. The fourth-order valence-corrected chi connectivity index (χ4v) is 5.99. The van der Waals surface area contributed by atoms with Crippen LogP contribution in [-0.4, -0.2) is 51.7 Å². The van der Waals surface area contributed by atoms with Crippen LogP contribution in [0.4, 0.5) is 14.5 Å². The molecule has 1 heterocycles. The molecule has 13 heteroatoms. The van der Waals surface area contributed by atoms with Crippen LogP contribution in [0.2, 0.25) is 5.02 Å². The van der Waals surface area contributed by atoms with Gasteiger partial charge in [0.2, 0.25) is 0 Å². The number of fused-ring (bicyclic) bond motifs is 1. The lowest BCUT2D eigenvalue weighted by Gasteiger charge is -2.35. The molecule has 1 aliphatic heterocycles. The van der Waals surface area contributed by atoms with Crippen molar-refractivity contribution >= 4 is 50.8 Å². The third-order valence-electron chi connectivity index (χ3n) is 6.05. The van der Waals surface area contributed by atoms with Crippen LogP contribution in [0.15, 0.2) is 59.5 Å². The molecule has 1 atom stereocenters. The van der Waals surface area contributed by atoms with Crippen LogP contribution in [0.25, 0.3) is 11.6 Å². The molecule has 0 fully saturated rings. The van der Waals surface area contributed by atoms with Crippen molar-refractivity contribution in [1.29, 1.82) is 0 Å². The molecule has 0 spiro atoms. The molecule has 0 saturated heterocycles. The number of allylic oxidation sites excluding steroid dienone is 1. The summed E-state index contributed by atoms with van der Waals surface area (Å²) in [5, 5.41) is 11.2. The summed E-state index contributed by atoms with van der Waals surface area (Å²) in [5.41, 5.74) is 1.28. The van der Waals surface area contributed by atoms with E-state index in [1.54, 1.807) is 25.1 Å². The first kappa shape index (κ1) is 28.8. The van der Waals surface area contributed by atoms with Crippen molar-refractivity contribution in [3.8, 4) is 11.5 Å². The number of anilines is 1. The van der Waals surface area contributed by atoms with Gasteiger partial charge in [-0.2, -0.15) is 0 Å². The predicted octanol–water partition coefficient (Wildman–Crippen LogP) is 4.34. The molecule has 0 radical (unpaired) electrons. The number of rotatable bonds is 7. The van der Waals surface area contributed by atoms with Gasteiger partial charge < -0.3 is 19.9 Å². The third-order valence-corrected chi connectivity index (χ3v) is 8.14. The zero-order valence-corrected chi connectivity index (χ0v) is 22.7. The van der Waals surface area contributed by atoms with Crippen LogP contribution in [0, 0.1) is 11.6 Å². The summed E-state index contributed by atoms with van der Waals surface area (Å²) in [4.78, 5) is 22.2. The minimum Gasteiger partial charge on any atom is -0.494 e. The Kier molecular flexibility index (Phi) is 8.31. The number of ether oxygens (including phenoxy) is 2. The van der Waals surface area contributed by atoms with E-state index in [1.165, 1.54) is 31.4 Å². The highest BCUT2D eigenvalue weighted by atomic mass is 35.5. The molecule has 4 rings (SSSR count). The Labute approximate surface area is 233 Å². The second-order valence-electron chi connectivity index (χ2n) is 8.74. The molecule has 0 bridgehead atoms. The van der Waals surface area contributed by atoms with Crippen molar-refractivity contribution in [1.82, 2.24) is 5.32 Å². The van der Waals surface area contributed by atoms with E-state index in [4.69, 9.17) is 26.2 Å². The van der Waals surface area contributed by atoms with Gasteiger partial charge >= 0.3 is 11.9 Å². The van der Waals surface area contributed by atoms with Gasteiger partial charge in [-0.3, -0.25) is 9.10 Å². The van der Waals surface area contributed by atoms with Crippen molar-refractivity contribution in [3.05, 3.63) is 82.4 Å². The average Bonchev–Trinajstić information content (AvgIpc) is 2.91. The van der Waals surface area contributed by atoms with E-state index in [0.29, 0.717) is 11.1 Å². The van der Waals surface area contributed by atoms with Gasteiger partial charge in [0.1, 0.15) is 17.7 Å². The van der Waals surface area contributed by atoms with E-state index < -0.39 is 39.6 Å². The molecule has 210 valence electrons. The van der Waals surface area contributed by atoms with Gasteiger partial charge in [0, 0.05) is 11.6 Å². The van der Waals surface area contributed by atoms with Gasteiger partial charge in [0.05, 0.1) is 35.8 Å². The number of hydrogen-bond donors (Lipinski definition) is 2. The van der Waals surface area contributed by atoms with Gasteiger partial charge in [-0.15, -0.1) is 0 Å². The maximum absolute atomic E-state index is 14.5. The third kappa shape index (κ3) is 5.87. The summed E-state index contributed by atoms with van der Waals surface area (Å²) in [5.74, 6) is -4.43. The first-order chi connectivity index (χ1) is 18.9. The number of nitrogens with one attached hydrogen (secondary N) is 1. The molecular formula is C27H23ClF2N2O7S. The SMILES string of the molecule is COc1cc(S(=O)(=O)N2CC(CNC(=O)C(=O)O)Oc3ccc(C=C(C)c4c(F)cccc4Cl)cc32)ccc1F. The molecule has 1 aliphatic rings. The van der Waals surface area contributed by atoms with Crippen molar-refractivity contribution in [2.24, 2.45) is 0 Å². The zero-order chi connectivity index (χ0) is 29.2. The highest BCUT2D eigenvalue weighted by Gasteiger charge is 2.35. The zero-order valence-electron chi connectivity index (χ0n) is 21.2. The van der Waals surface area contributed by atoms with E-state index in [9.17, 15) is 26.8 Å². The Hall–Kier alpha value is -4.16. The highest BCUT2D eigenvalue weighted by Crippen LogP contribution is 2.39. The van der Waals surface area contributed by atoms with Crippen LogP contribution < -0.4 is 19.1 Å². The van der Waals surface area contributed by atoms with Gasteiger partial charge in [-0.1, -0.05) is 29.8 Å². The number of methoxy groups -OCH3 is 1. The molecule has 3 aromatic rings. The molecular weight excluding hydrogens is 570 g/mol. The second kappa shape index (κ2) is 11.5. The molecule has 0 aliphatic carbocycles. The Morgan fingerprint density at radius 2 is 1.93 bits per heavy atom. The first-order valence-corrected chi connectivity index (χ1v) is 13.5. The quantitative estimate of drug-likeness (QED) is 0.309. The summed E-state index contributed by atoms with van der Waals surface area (Å²) in [6, 6.07) is 12.0. The van der Waals surface area contributed by atoms with Crippen LogP contribution >= 0.6 is 11.6 Å². The van der Waals surface area contributed by atoms with E-state index in [1.807, 2.05) is 0 Å². The number of carboxylic acids is 1.